The number of nitrogens with two attached hydrogens (primary N) is 1. The number of anilines is 1. The number of nitrogens with one attached hydrogen (secondary N) is 2. The Kier molecular flexibility index (Phi) is 6.84. The number of ether oxygens (including phenoxy) is 1. The fourth-order valence-corrected chi connectivity index (χ4v) is 4.39. The number of methoxy groups -OCH3 is 1. The Balaban J connectivity index is 1.57. The van der Waals surface area contributed by atoms with Gasteiger partial charge in [-0.1, -0.05) is 59.6 Å². The predicted octanol–water partition coefficient (Wildman–Crippen LogP) is 4.68. The standard InChI is InChI=1S/C24H24Cl2N4O2/c1-32-24-14(12-28-13-15-9-11-21(31)29-15)8-10-20(30-24)18-6-2-4-16(22(18)25)17-5-3-7-19(27)23(17)26/h2-8,10,15,28H,9,11-13,27H2,1H3,(H,29,31)/t15-/m0/s1. The Morgan fingerprint density at radius 3 is 2.53 bits per heavy atom. The van der Waals surface area contributed by atoms with Crippen LogP contribution in [0.15, 0.2) is 48.5 Å². The maximum absolute atomic E-state index is 11.3. The number of carbonyl (C=O) groups is 1. The molecule has 0 unspecified atom stereocenters. The van der Waals surface area contributed by atoms with E-state index in [1.807, 2.05) is 42.5 Å². The van der Waals surface area contributed by atoms with Gasteiger partial charge in [-0.15, -0.1) is 0 Å². The van der Waals surface area contributed by atoms with Gasteiger partial charge in [-0.05, 0) is 18.6 Å². The van der Waals surface area contributed by atoms with Crippen LogP contribution >= 0.6 is 23.2 Å². The van der Waals surface area contributed by atoms with Crippen LogP contribution in [0.2, 0.25) is 10.0 Å². The van der Waals surface area contributed by atoms with E-state index in [2.05, 4.69) is 15.6 Å². The minimum absolute atomic E-state index is 0.110. The van der Waals surface area contributed by atoms with Crippen LogP contribution in [0.1, 0.15) is 18.4 Å². The molecule has 4 rings (SSSR count). The smallest absolute Gasteiger partial charge is 0.220 e. The molecule has 1 saturated heterocycles. The first-order chi connectivity index (χ1) is 15.5. The SMILES string of the molecule is COc1nc(-c2cccc(-c3cccc(N)c3Cl)c2Cl)ccc1CNC[C@@H]1CCC(=O)N1. The second-order valence-corrected chi connectivity index (χ2v) is 8.43. The van der Waals surface area contributed by atoms with Crippen LogP contribution < -0.4 is 21.1 Å². The normalized spacial score (nSPS) is 15.6. The van der Waals surface area contributed by atoms with Gasteiger partial charge < -0.3 is 21.1 Å². The largest absolute Gasteiger partial charge is 0.481 e. The number of halogens is 2. The number of nitrogen functional groups attached to an aromatic ring is 1. The molecule has 0 bridgehead atoms. The molecule has 1 amide bonds. The molecule has 1 aliphatic heterocycles. The predicted molar refractivity (Wildman–Crippen MR) is 129 cm³/mol. The van der Waals surface area contributed by atoms with Gasteiger partial charge in [0.15, 0.2) is 0 Å². The summed E-state index contributed by atoms with van der Waals surface area (Å²) in [6, 6.07) is 15.3. The molecular weight excluding hydrogens is 447 g/mol. The Morgan fingerprint density at radius 1 is 1.09 bits per heavy atom. The molecule has 166 valence electrons. The summed E-state index contributed by atoms with van der Waals surface area (Å²) in [6.07, 6.45) is 1.44. The highest BCUT2D eigenvalue weighted by atomic mass is 35.5. The van der Waals surface area contributed by atoms with E-state index in [1.54, 1.807) is 13.2 Å². The van der Waals surface area contributed by atoms with Crippen molar-refractivity contribution in [1.82, 2.24) is 15.6 Å². The summed E-state index contributed by atoms with van der Waals surface area (Å²) in [6.45, 7) is 1.28. The van der Waals surface area contributed by atoms with Crippen molar-refractivity contribution in [3.8, 4) is 28.3 Å². The van der Waals surface area contributed by atoms with Crippen molar-refractivity contribution in [2.24, 2.45) is 0 Å². The van der Waals surface area contributed by atoms with Gasteiger partial charge in [0.05, 0.1) is 28.5 Å². The third kappa shape index (κ3) is 4.67. The number of pyridine rings is 1. The topological polar surface area (TPSA) is 89.3 Å². The van der Waals surface area contributed by atoms with Crippen LogP contribution in [0.4, 0.5) is 5.69 Å². The molecule has 2 heterocycles. The average Bonchev–Trinajstić information content (AvgIpc) is 3.21. The van der Waals surface area contributed by atoms with E-state index in [-0.39, 0.29) is 11.9 Å². The zero-order valence-corrected chi connectivity index (χ0v) is 19.1. The number of hydrogen-bond acceptors (Lipinski definition) is 5. The van der Waals surface area contributed by atoms with Crippen molar-refractivity contribution < 1.29 is 9.53 Å². The minimum atomic E-state index is 0.110. The van der Waals surface area contributed by atoms with Crippen LogP contribution in [-0.4, -0.2) is 30.6 Å². The molecule has 1 atom stereocenters. The van der Waals surface area contributed by atoms with Crippen LogP contribution in [0.3, 0.4) is 0 Å². The van der Waals surface area contributed by atoms with Crippen LogP contribution in [0, 0.1) is 0 Å². The van der Waals surface area contributed by atoms with Gasteiger partial charge in [-0.25, -0.2) is 4.98 Å². The molecule has 32 heavy (non-hydrogen) atoms. The van der Waals surface area contributed by atoms with Gasteiger partial charge >= 0.3 is 0 Å². The number of amides is 1. The van der Waals surface area contributed by atoms with Crippen LogP contribution in [0.25, 0.3) is 22.4 Å². The number of nitrogens with zero attached hydrogens (tertiary/aromatic N) is 1. The molecule has 3 aromatic rings. The first-order valence-electron chi connectivity index (χ1n) is 10.3. The summed E-state index contributed by atoms with van der Waals surface area (Å²) >= 11 is 13.2. The van der Waals surface area contributed by atoms with Gasteiger partial charge in [-0.3, -0.25) is 4.79 Å². The van der Waals surface area contributed by atoms with Crippen molar-refractivity contribution in [3.63, 3.8) is 0 Å². The summed E-state index contributed by atoms with van der Waals surface area (Å²) < 4.78 is 5.54. The molecule has 1 aromatic heterocycles. The fraction of sp³-hybridized carbons (Fsp3) is 0.250. The lowest BCUT2D eigenvalue weighted by Gasteiger charge is -2.15. The number of hydrogen-bond donors (Lipinski definition) is 3. The second-order valence-electron chi connectivity index (χ2n) is 7.67. The third-order valence-electron chi connectivity index (χ3n) is 5.52. The monoisotopic (exact) mass is 470 g/mol. The Bertz CT molecular complexity index is 1150. The molecule has 4 N–H and O–H groups in total. The lowest BCUT2D eigenvalue weighted by Crippen LogP contribution is -2.35. The van der Waals surface area contributed by atoms with E-state index in [1.165, 1.54) is 0 Å². The van der Waals surface area contributed by atoms with E-state index in [0.29, 0.717) is 46.8 Å². The lowest BCUT2D eigenvalue weighted by molar-refractivity contribution is -0.119. The Morgan fingerprint density at radius 2 is 1.81 bits per heavy atom. The third-order valence-corrected chi connectivity index (χ3v) is 6.35. The molecule has 2 aromatic carbocycles. The van der Waals surface area contributed by atoms with E-state index in [0.717, 1.165) is 28.7 Å². The van der Waals surface area contributed by atoms with Crippen molar-refractivity contribution in [2.75, 3.05) is 19.4 Å². The number of rotatable bonds is 7. The van der Waals surface area contributed by atoms with Gasteiger partial charge in [0.2, 0.25) is 11.8 Å². The first kappa shape index (κ1) is 22.4. The fourth-order valence-electron chi connectivity index (χ4n) is 3.84. The molecule has 0 aliphatic carbocycles. The minimum Gasteiger partial charge on any atom is -0.481 e. The average molecular weight is 471 g/mol. The number of benzene rings is 2. The summed E-state index contributed by atoms with van der Waals surface area (Å²) in [5, 5.41) is 7.32. The molecule has 0 spiro atoms. The van der Waals surface area contributed by atoms with E-state index in [4.69, 9.17) is 33.7 Å². The molecule has 1 fully saturated rings. The summed E-state index contributed by atoms with van der Waals surface area (Å²) in [4.78, 5) is 16.0. The van der Waals surface area contributed by atoms with E-state index in [9.17, 15) is 4.79 Å². The van der Waals surface area contributed by atoms with Crippen LogP contribution in [-0.2, 0) is 11.3 Å². The molecule has 8 heteroatoms. The quantitative estimate of drug-likeness (QED) is 0.436. The Hall–Kier alpha value is -2.80. The van der Waals surface area contributed by atoms with Crippen molar-refractivity contribution in [2.45, 2.75) is 25.4 Å². The highest BCUT2D eigenvalue weighted by molar-refractivity contribution is 6.39. The number of aromatic nitrogens is 1. The highest BCUT2D eigenvalue weighted by Crippen LogP contribution is 2.40. The van der Waals surface area contributed by atoms with Gasteiger partial charge in [0.25, 0.3) is 0 Å². The van der Waals surface area contributed by atoms with Gasteiger partial charge in [0, 0.05) is 47.8 Å². The number of carbonyl (C=O) groups excluding carboxylic acids is 1. The lowest BCUT2D eigenvalue weighted by atomic mass is 10.0. The van der Waals surface area contributed by atoms with Gasteiger partial charge in [0.1, 0.15) is 0 Å². The summed E-state index contributed by atoms with van der Waals surface area (Å²) in [5.74, 6) is 0.632. The molecule has 0 saturated carbocycles. The van der Waals surface area contributed by atoms with Gasteiger partial charge in [-0.2, -0.15) is 0 Å². The molecule has 6 nitrogen and oxygen atoms in total. The summed E-state index contributed by atoms with van der Waals surface area (Å²) in [7, 11) is 1.59. The molecule has 1 aliphatic rings. The van der Waals surface area contributed by atoms with Crippen molar-refractivity contribution >= 4 is 34.8 Å². The van der Waals surface area contributed by atoms with Crippen molar-refractivity contribution in [1.29, 1.82) is 0 Å². The highest BCUT2D eigenvalue weighted by Gasteiger charge is 2.20. The zero-order valence-electron chi connectivity index (χ0n) is 17.6. The van der Waals surface area contributed by atoms with Crippen molar-refractivity contribution in [3.05, 3.63) is 64.1 Å². The van der Waals surface area contributed by atoms with E-state index < -0.39 is 0 Å². The second kappa shape index (κ2) is 9.77. The summed E-state index contributed by atoms with van der Waals surface area (Å²) in [5.41, 5.74) is 10.4. The maximum atomic E-state index is 11.3. The zero-order chi connectivity index (χ0) is 22.7. The Labute approximate surface area is 197 Å². The molecule has 0 radical (unpaired) electrons. The van der Waals surface area contributed by atoms with E-state index >= 15 is 0 Å². The molecular formula is C24H24Cl2N4O2. The maximum Gasteiger partial charge on any atom is 0.220 e. The van der Waals surface area contributed by atoms with Crippen LogP contribution in [0.5, 0.6) is 5.88 Å². The first-order valence-corrected chi connectivity index (χ1v) is 11.1.